The Hall–Kier alpha value is -2.31. The Bertz CT molecular complexity index is 603. The Balaban J connectivity index is 1.76. The topological polar surface area (TPSA) is 55.4 Å². The molecule has 7 heteroatoms. The van der Waals surface area contributed by atoms with E-state index in [0.29, 0.717) is 5.56 Å². The van der Waals surface area contributed by atoms with E-state index in [1.807, 2.05) is 0 Å². The number of esters is 1. The first-order valence-corrected chi connectivity index (χ1v) is 7.66. The molecule has 1 aliphatic carbocycles. The van der Waals surface area contributed by atoms with Crippen molar-refractivity contribution >= 4 is 18.0 Å². The number of halogens is 3. The van der Waals surface area contributed by atoms with Crippen molar-refractivity contribution in [2.45, 2.75) is 37.9 Å². The summed E-state index contributed by atoms with van der Waals surface area (Å²) in [5, 5.41) is 2.78. The third-order valence-corrected chi connectivity index (χ3v) is 3.72. The molecule has 1 aromatic carbocycles. The first kappa shape index (κ1) is 18.0. The molecule has 2 rings (SSSR count). The highest BCUT2D eigenvalue weighted by Crippen LogP contribution is 2.29. The SMILES string of the molecule is O=C(COC(=O)C=Cc1ccc(C(F)(F)F)cc1)NC1CCCC1. The number of nitrogens with one attached hydrogen (secondary N) is 1. The van der Waals surface area contributed by atoms with Gasteiger partial charge in [0.15, 0.2) is 6.61 Å². The van der Waals surface area contributed by atoms with E-state index in [2.05, 4.69) is 5.32 Å². The van der Waals surface area contributed by atoms with Gasteiger partial charge in [0.2, 0.25) is 0 Å². The molecule has 4 nitrogen and oxygen atoms in total. The van der Waals surface area contributed by atoms with Crippen molar-refractivity contribution in [1.82, 2.24) is 5.32 Å². The molecule has 24 heavy (non-hydrogen) atoms. The maximum Gasteiger partial charge on any atom is 0.416 e. The zero-order chi connectivity index (χ0) is 17.6. The molecule has 1 aromatic rings. The molecule has 1 fully saturated rings. The Morgan fingerprint density at radius 2 is 1.79 bits per heavy atom. The summed E-state index contributed by atoms with van der Waals surface area (Å²) in [7, 11) is 0. The fourth-order valence-corrected chi connectivity index (χ4v) is 2.47. The van der Waals surface area contributed by atoms with Crippen molar-refractivity contribution in [2.24, 2.45) is 0 Å². The van der Waals surface area contributed by atoms with Gasteiger partial charge in [-0.25, -0.2) is 4.79 Å². The minimum atomic E-state index is -4.39. The molecule has 1 aliphatic rings. The fourth-order valence-electron chi connectivity index (χ4n) is 2.47. The number of carbonyl (C=O) groups excluding carboxylic acids is 2. The lowest BCUT2D eigenvalue weighted by atomic mass is 10.1. The van der Waals surface area contributed by atoms with E-state index in [-0.39, 0.29) is 18.6 Å². The van der Waals surface area contributed by atoms with Crippen LogP contribution in [0.15, 0.2) is 30.3 Å². The molecular weight excluding hydrogens is 323 g/mol. The number of carbonyl (C=O) groups is 2. The minimum Gasteiger partial charge on any atom is -0.452 e. The molecule has 0 atom stereocenters. The third-order valence-electron chi connectivity index (χ3n) is 3.72. The first-order chi connectivity index (χ1) is 11.3. The van der Waals surface area contributed by atoms with Gasteiger partial charge in [0, 0.05) is 12.1 Å². The van der Waals surface area contributed by atoms with Crippen LogP contribution in [0.5, 0.6) is 0 Å². The second-order valence-corrected chi connectivity index (χ2v) is 5.61. The van der Waals surface area contributed by atoms with Crippen LogP contribution < -0.4 is 5.32 Å². The lowest BCUT2D eigenvalue weighted by Gasteiger charge is -2.11. The Kier molecular flexibility index (Phi) is 6.00. The van der Waals surface area contributed by atoms with Crippen LogP contribution in [0, 0.1) is 0 Å². The molecule has 1 N–H and O–H groups in total. The van der Waals surface area contributed by atoms with Crippen LogP contribution in [-0.4, -0.2) is 24.5 Å². The van der Waals surface area contributed by atoms with Crippen molar-refractivity contribution in [3.05, 3.63) is 41.5 Å². The molecule has 0 heterocycles. The predicted molar refractivity (Wildman–Crippen MR) is 81.8 cm³/mol. The van der Waals surface area contributed by atoms with E-state index < -0.39 is 17.7 Å². The van der Waals surface area contributed by atoms with Crippen molar-refractivity contribution in [3.63, 3.8) is 0 Å². The fraction of sp³-hybridized carbons (Fsp3) is 0.412. The molecule has 0 aromatic heterocycles. The van der Waals surface area contributed by atoms with Crippen LogP contribution in [-0.2, 0) is 20.5 Å². The molecular formula is C17H18F3NO3. The van der Waals surface area contributed by atoms with Gasteiger partial charge in [-0.3, -0.25) is 4.79 Å². The average molecular weight is 341 g/mol. The lowest BCUT2D eigenvalue weighted by Crippen LogP contribution is -2.35. The van der Waals surface area contributed by atoms with Crippen LogP contribution in [0.25, 0.3) is 6.08 Å². The third kappa shape index (κ3) is 5.72. The first-order valence-electron chi connectivity index (χ1n) is 7.66. The standard InChI is InChI=1S/C17H18F3NO3/c18-17(19,20)13-8-5-12(6-9-13)7-10-16(23)24-11-15(22)21-14-3-1-2-4-14/h5-10,14H,1-4,11H2,(H,21,22). The predicted octanol–water partition coefficient (Wildman–Crippen LogP) is 3.32. The monoisotopic (exact) mass is 341 g/mol. The molecule has 0 unspecified atom stereocenters. The highest BCUT2D eigenvalue weighted by atomic mass is 19.4. The van der Waals surface area contributed by atoms with E-state index in [1.54, 1.807) is 0 Å². The number of hydrogen-bond donors (Lipinski definition) is 1. The summed E-state index contributed by atoms with van der Waals surface area (Å²) in [6, 6.07) is 4.51. The van der Waals surface area contributed by atoms with Crippen LogP contribution in [0.4, 0.5) is 13.2 Å². The van der Waals surface area contributed by atoms with E-state index in [1.165, 1.54) is 18.2 Å². The molecule has 1 saturated carbocycles. The molecule has 0 saturated heterocycles. The average Bonchev–Trinajstić information content (AvgIpc) is 3.03. The zero-order valence-electron chi connectivity index (χ0n) is 12.9. The maximum absolute atomic E-state index is 12.4. The van der Waals surface area contributed by atoms with Crippen LogP contribution in [0.1, 0.15) is 36.8 Å². The van der Waals surface area contributed by atoms with Gasteiger partial charge in [0.1, 0.15) is 0 Å². The maximum atomic E-state index is 12.4. The van der Waals surface area contributed by atoms with Crippen molar-refractivity contribution in [3.8, 4) is 0 Å². The van der Waals surface area contributed by atoms with Gasteiger partial charge >= 0.3 is 12.1 Å². The van der Waals surface area contributed by atoms with Gasteiger partial charge in [0.25, 0.3) is 5.91 Å². The normalized spacial score (nSPS) is 15.6. The number of alkyl halides is 3. The largest absolute Gasteiger partial charge is 0.452 e. The number of amides is 1. The van der Waals surface area contributed by atoms with E-state index in [4.69, 9.17) is 4.74 Å². The molecule has 0 radical (unpaired) electrons. The number of hydrogen-bond acceptors (Lipinski definition) is 3. The van der Waals surface area contributed by atoms with Gasteiger partial charge in [-0.2, -0.15) is 13.2 Å². The lowest BCUT2D eigenvalue weighted by molar-refractivity contribution is -0.144. The van der Waals surface area contributed by atoms with Gasteiger partial charge in [-0.15, -0.1) is 0 Å². The molecule has 1 amide bonds. The smallest absolute Gasteiger partial charge is 0.416 e. The van der Waals surface area contributed by atoms with E-state index in [0.717, 1.165) is 43.9 Å². The molecule has 0 aliphatic heterocycles. The zero-order valence-corrected chi connectivity index (χ0v) is 12.9. The molecule has 0 bridgehead atoms. The summed E-state index contributed by atoms with van der Waals surface area (Å²) in [5.41, 5.74) is -0.332. The van der Waals surface area contributed by atoms with Crippen molar-refractivity contribution in [1.29, 1.82) is 0 Å². The molecule has 0 spiro atoms. The second kappa shape index (κ2) is 7.99. The van der Waals surface area contributed by atoms with Gasteiger partial charge in [-0.1, -0.05) is 25.0 Å². The Morgan fingerprint density at radius 3 is 2.38 bits per heavy atom. The summed E-state index contributed by atoms with van der Waals surface area (Å²) in [5.74, 6) is -1.07. The second-order valence-electron chi connectivity index (χ2n) is 5.61. The summed E-state index contributed by atoms with van der Waals surface area (Å²) >= 11 is 0. The number of benzene rings is 1. The molecule has 130 valence electrons. The van der Waals surface area contributed by atoms with Crippen molar-refractivity contribution < 1.29 is 27.5 Å². The van der Waals surface area contributed by atoms with Crippen LogP contribution in [0.3, 0.4) is 0 Å². The quantitative estimate of drug-likeness (QED) is 0.660. The van der Waals surface area contributed by atoms with Gasteiger partial charge < -0.3 is 10.1 Å². The Labute approximate surface area is 137 Å². The number of ether oxygens (including phenoxy) is 1. The summed E-state index contributed by atoms with van der Waals surface area (Å²) in [6.45, 7) is -0.368. The highest BCUT2D eigenvalue weighted by molar-refractivity contribution is 5.89. The highest BCUT2D eigenvalue weighted by Gasteiger charge is 2.29. The number of rotatable bonds is 5. The van der Waals surface area contributed by atoms with E-state index in [9.17, 15) is 22.8 Å². The Morgan fingerprint density at radius 1 is 1.17 bits per heavy atom. The minimum absolute atomic E-state index is 0.152. The van der Waals surface area contributed by atoms with Gasteiger partial charge in [-0.05, 0) is 36.6 Å². The van der Waals surface area contributed by atoms with Crippen molar-refractivity contribution in [2.75, 3.05) is 6.61 Å². The van der Waals surface area contributed by atoms with Crippen LogP contribution in [0.2, 0.25) is 0 Å². The summed E-state index contributed by atoms with van der Waals surface area (Å²) in [6.07, 6.45) is 2.05. The van der Waals surface area contributed by atoms with Crippen LogP contribution >= 0.6 is 0 Å². The summed E-state index contributed by atoms with van der Waals surface area (Å²) < 4.78 is 42.1. The van der Waals surface area contributed by atoms with Gasteiger partial charge in [0.05, 0.1) is 5.56 Å². The summed E-state index contributed by atoms with van der Waals surface area (Å²) in [4.78, 5) is 23.1. The van der Waals surface area contributed by atoms with E-state index >= 15 is 0 Å².